The Morgan fingerprint density at radius 3 is 2.33 bits per heavy atom. The maximum absolute atomic E-state index is 14.9. The number of anilines is 1. The van der Waals surface area contributed by atoms with Gasteiger partial charge in [0.1, 0.15) is 11.6 Å². The fourth-order valence-corrected chi connectivity index (χ4v) is 4.95. The van der Waals surface area contributed by atoms with Gasteiger partial charge in [0.15, 0.2) is 0 Å². The van der Waals surface area contributed by atoms with Crippen molar-refractivity contribution in [3.63, 3.8) is 0 Å². The second-order valence-corrected chi connectivity index (χ2v) is 12.7. The number of benzene rings is 3. The molecule has 0 radical (unpaired) electrons. The molecule has 1 heterocycles. The molecule has 0 bridgehead atoms. The van der Waals surface area contributed by atoms with Crippen LogP contribution < -0.4 is 10.0 Å². The van der Waals surface area contributed by atoms with Gasteiger partial charge in [-0.3, -0.25) is 9.52 Å². The van der Waals surface area contributed by atoms with E-state index in [2.05, 4.69) is 10.0 Å². The molecule has 1 aromatic heterocycles. The monoisotopic (exact) mass is 586 g/mol. The van der Waals surface area contributed by atoms with Crippen molar-refractivity contribution in [1.29, 1.82) is 0 Å². The van der Waals surface area contributed by atoms with Crippen molar-refractivity contribution in [2.24, 2.45) is 0 Å². The number of nitrogens with one attached hydrogen (secondary N) is 2. The Morgan fingerprint density at radius 1 is 1.00 bits per heavy atom. The van der Waals surface area contributed by atoms with E-state index in [0.717, 1.165) is 18.0 Å². The fourth-order valence-electron chi connectivity index (χ4n) is 4.20. The number of sulfonamides is 1. The average Bonchev–Trinajstić information content (AvgIpc) is 3.29. The number of halogens is 3. The quantitative estimate of drug-likeness (QED) is 0.268. The summed E-state index contributed by atoms with van der Waals surface area (Å²) in [7, 11) is -3.72. The summed E-state index contributed by atoms with van der Waals surface area (Å²) >= 11 is 6.21. The summed E-state index contributed by atoms with van der Waals surface area (Å²) in [6.07, 6.45) is 0.905. The summed E-state index contributed by atoms with van der Waals surface area (Å²) in [5, 5.41) is 8.16. The SMILES string of the molecule is CC(C)(C)c1cc(CNC(=O)C(c2cccc(F)c2)c2ccc(NS(C)(=O)=O)c(F)c2)n(-c2cccc(Cl)c2)n1. The standard InChI is InChI=1S/C29H29ClF2N4O3S/c1-29(2,3)26-16-23(36(34-26)22-10-6-8-20(30)15-22)17-33-28(37)27(18-7-5-9-21(31)13-18)19-11-12-25(24(32)14-19)35-40(4,38)39/h5-16,27,35H,17H2,1-4H3,(H,33,37). The third kappa shape index (κ3) is 7.05. The fraction of sp³-hybridized carbons (Fsp3) is 0.241. The molecule has 40 heavy (non-hydrogen) atoms. The normalized spacial score (nSPS) is 12.7. The minimum atomic E-state index is -3.72. The van der Waals surface area contributed by atoms with Gasteiger partial charge in [0.2, 0.25) is 15.9 Å². The lowest BCUT2D eigenvalue weighted by Crippen LogP contribution is -2.30. The molecule has 0 aliphatic rings. The van der Waals surface area contributed by atoms with Crippen LogP contribution in [0.2, 0.25) is 5.02 Å². The van der Waals surface area contributed by atoms with E-state index < -0.39 is 33.5 Å². The van der Waals surface area contributed by atoms with E-state index in [1.807, 2.05) is 32.9 Å². The summed E-state index contributed by atoms with van der Waals surface area (Å²) in [4.78, 5) is 13.6. The van der Waals surface area contributed by atoms with Gasteiger partial charge < -0.3 is 5.32 Å². The Morgan fingerprint density at radius 2 is 1.70 bits per heavy atom. The average molecular weight is 587 g/mol. The van der Waals surface area contributed by atoms with Crippen molar-refractivity contribution in [3.8, 4) is 5.69 Å². The van der Waals surface area contributed by atoms with Crippen molar-refractivity contribution in [2.45, 2.75) is 38.6 Å². The molecule has 1 atom stereocenters. The highest BCUT2D eigenvalue weighted by Crippen LogP contribution is 2.30. The first-order chi connectivity index (χ1) is 18.7. The number of amides is 1. The van der Waals surface area contributed by atoms with E-state index in [9.17, 15) is 22.0 Å². The Balaban J connectivity index is 1.69. The van der Waals surface area contributed by atoms with E-state index in [0.29, 0.717) is 22.0 Å². The van der Waals surface area contributed by atoms with E-state index in [1.54, 1.807) is 28.9 Å². The van der Waals surface area contributed by atoms with Crippen molar-refractivity contribution in [1.82, 2.24) is 15.1 Å². The largest absolute Gasteiger partial charge is 0.350 e. The second kappa shape index (κ2) is 11.4. The number of rotatable bonds is 8. The molecule has 1 amide bonds. The first kappa shape index (κ1) is 29.2. The molecule has 210 valence electrons. The molecule has 0 aliphatic carbocycles. The van der Waals surface area contributed by atoms with Gasteiger partial charge in [0.25, 0.3) is 0 Å². The summed E-state index contributed by atoms with van der Waals surface area (Å²) < 4.78 is 56.0. The molecule has 0 saturated carbocycles. The number of hydrogen-bond donors (Lipinski definition) is 2. The Labute approximate surface area is 237 Å². The number of carbonyl (C=O) groups excluding carboxylic acids is 1. The molecule has 3 aromatic carbocycles. The van der Waals surface area contributed by atoms with Crippen LogP contribution in [-0.4, -0.2) is 30.4 Å². The highest BCUT2D eigenvalue weighted by molar-refractivity contribution is 7.92. The molecule has 4 aromatic rings. The zero-order valence-electron chi connectivity index (χ0n) is 22.4. The van der Waals surface area contributed by atoms with E-state index in [-0.39, 0.29) is 23.2 Å². The minimum absolute atomic E-state index is 0.0659. The number of hydrogen-bond acceptors (Lipinski definition) is 4. The molecular formula is C29H29ClF2N4O3S. The topological polar surface area (TPSA) is 93.1 Å². The second-order valence-electron chi connectivity index (χ2n) is 10.5. The predicted molar refractivity (Wildman–Crippen MR) is 152 cm³/mol. The summed E-state index contributed by atoms with van der Waals surface area (Å²) in [5.74, 6) is -3.02. The van der Waals surface area contributed by atoms with Gasteiger partial charge in [-0.1, -0.05) is 56.6 Å². The molecule has 0 saturated heterocycles. The van der Waals surface area contributed by atoms with Crippen LogP contribution in [0.4, 0.5) is 14.5 Å². The van der Waals surface area contributed by atoms with Gasteiger partial charge in [-0.05, 0) is 59.7 Å². The van der Waals surface area contributed by atoms with Gasteiger partial charge in [0.05, 0.1) is 41.5 Å². The van der Waals surface area contributed by atoms with Crippen LogP contribution in [0.3, 0.4) is 0 Å². The summed E-state index contributed by atoms with van der Waals surface area (Å²) in [6, 6.07) is 18.3. The van der Waals surface area contributed by atoms with Gasteiger partial charge in [0, 0.05) is 10.4 Å². The number of aromatic nitrogens is 2. The molecule has 1 unspecified atom stereocenters. The number of nitrogens with zero attached hydrogens (tertiary/aromatic N) is 2. The lowest BCUT2D eigenvalue weighted by molar-refractivity contribution is -0.121. The highest BCUT2D eigenvalue weighted by Gasteiger charge is 2.26. The lowest BCUT2D eigenvalue weighted by Gasteiger charge is -2.19. The van der Waals surface area contributed by atoms with Crippen LogP contribution in [0.15, 0.2) is 72.8 Å². The number of carbonyl (C=O) groups is 1. The lowest BCUT2D eigenvalue weighted by atomic mass is 9.90. The van der Waals surface area contributed by atoms with Gasteiger partial charge >= 0.3 is 0 Å². The Hall–Kier alpha value is -3.76. The van der Waals surface area contributed by atoms with Crippen LogP contribution in [-0.2, 0) is 26.8 Å². The molecule has 11 heteroatoms. The van der Waals surface area contributed by atoms with Crippen LogP contribution in [0.25, 0.3) is 5.69 Å². The van der Waals surface area contributed by atoms with E-state index >= 15 is 0 Å². The van der Waals surface area contributed by atoms with Crippen LogP contribution in [0.5, 0.6) is 0 Å². The summed E-state index contributed by atoms with van der Waals surface area (Å²) in [6.45, 7) is 6.14. The molecule has 0 spiro atoms. The van der Waals surface area contributed by atoms with E-state index in [1.165, 1.54) is 30.3 Å². The molecule has 2 N–H and O–H groups in total. The zero-order chi connectivity index (χ0) is 29.2. The van der Waals surface area contributed by atoms with Crippen LogP contribution >= 0.6 is 11.6 Å². The maximum Gasteiger partial charge on any atom is 0.232 e. The smallest absolute Gasteiger partial charge is 0.232 e. The molecule has 0 fully saturated rings. The third-order valence-corrected chi connectivity index (χ3v) is 6.94. The molecule has 4 rings (SSSR count). The van der Waals surface area contributed by atoms with Gasteiger partial charge in [-0.2, -0.15) is 5.10 Å². The first-order valence-corrected chi connectivity index (χ1v) is 14.6. The van der Waals surface area contributed by atoms with Crippen LogP contribution in [0, 0.1) is 11.6 Å². The zero-order valence-corrected chi connectivity index (χ0v) is 23.9. The van der Waals surface area contributed by atoms with Crippen LogP contribution in [0.1, 0.15) is 49.2 Å². The Bertz CT molecular complexity index is 1670. The van der Waals surface area contributed by atoms with Crippen molar-refractivity contribution in [3.05, 3.63) is 112 Å². The van der Waals surface area contributed by atoms with Gasteiger partial charge in [-0.15, -0.1) is 0 Å². The third-order valence-electron chi connectivity index (χ3n) is 6.11. The van der Waals surface area contributed by atoms with Gasteiger partial charge in [-0.25, -0.2) is 21.9 Å². The summed E-state index contributed by atoms with van der Waals surface area (Å²) in [5.41, 5.74) is 2.19. The molecule has 0 aliphatic heterocycles. The molecule has 7 nitrogen and oxygen atoms in total. The first-order valence-electron chi connectivity index (χ1n) is 12.4. The highest BCUT2D eigenvalue weighted by atomic mass is 35.5. The minimum Gasteiger partial charge on any atom is -0.350 e. The maximum atomic E-state index is 14.9. The van der Waals surface area contributed by atoms with Crippen molar-refractivity contribution < 1.29 is 22.0 Å². The predicted octanol–water partition coefficient (Wildman–Crippen LogP) is 5.92. The van der Waals surface area contributed by atoms with E-state index in [4.69, 9.17) is 16.7 Å². The van der Waals surface area contributed by atoms with Crippen molar-refractivity contribution >= 4 is 33.2 Å². The Kier molecular flexibility index (Phi) is 8.32. The van der Waals surface area contributed by atoms with Crippen molar-refractivity contribution in [2.75, 3.05) is 11.0 Å². The molecular weight excluding hydrogens is 558 g/mol.